The molecule has 0 heterocycles. The first-order chi connectivity index (χ1) is 7.08. The normalized spacial score (nSPS) is 31.2. The molecule has 2 nitrogen and oxygen atoms in total. The van der Waals surface area contributed by atoms with Crippen molar-refractivity contribution in [2.24, 2.45) is 11.8 Å². The highest BCUT2D eigenvalue weighted by atomic mass is 16.3. The Morgan fingerprint density at radius 3 is 2.67 bits per heavy atom. The number of rotatable bonds is 5. The lowest BCUT2D eigenvalue weighted by atomic mass is 9.87. The highest BCUT2D eigenvalue weighted by molar-refractivity contribution is 4.76. The average molecular weight is 213 g/mol. The van der Waals surface area contributed by atoms with Crippen LogP contribution in [0, 0.1) is 11.8 Å². The third-order valence-electron chi connectivity index (χ3n) is 3.43. The van der Waals surface area contributed by atoms with Crippen LogP contribution in [0.4, 0.5) is 0 Å². The Bertz CT molecular complexity index is 170. The number of aliphatic hydroxyl groups is 1. The van der Waals surface area contributed by atoms with Crippen LogP contribution in [0.5, 0.6) is 0 Å². The van der Waals surface area contributed by atoms with Gasteiger partial charge in [-0.25, -0.2) is 0 Å². The molecule has 2 heteroatoms. The van der Waals surface area contributed by atoms with Crippen LogP contribution in [0.25, 0.3) is 0 Å². The number of hydrogen-bond acceptors (Lipinski definition) is 2. The van der Waals surface area contributed by atoms with Crippen molar-refractivity contribution in [1.29, 1.82) is 0 Å². The average Bonchev–Trinajstić information content (AvgIpc) is 2.14. The standard InChI is InChI=1S/C13H27NO/c1-10-5-4-6-13(8-10)14-9-11(2)7-12(3)15/h10-15H,4-9H2,1-3H3. The fourth-order valence-electron chi connectivity index (χ4n) is 2.65. The largest absolute Gasteiger partial charge is 0.393 e. The van der Waals surface area contributed by atoms with E-state index in [1.54, 1.807) is 0 Å². The summed E-state index contributed by atoms with van der Waals surface area (Å²) in [6.45, 7) is 7.50. The molecule has 0 amide bonds. The fourth-order valence-corrected chi connectivity index (χ4v) is 2.65. The lowest BCUT2D eigenvalue weighted by Crippen LogP contribution is -2.36. The predicted molar refractivity (Wildman–Crippen MR) is 64.9 cm³/mol. The molecular weight excluding hydrogens is 186 g/mol. The van der Waals surface area contributed by atoms with Gasteiger partial charge < -0.3 is 10.4 Å². The maximum Gasteiger partial charge on any atom is 0.0515 e. The third-order valence-corrected chi connectivity index (χ3v) is 3.43. The van der Waals surface area contributed by atoms with Crippen molar-refractivity contribution in [1.82, 2.24) is 5.32 Å². The Morgan fingerprint density at radius 1 is 1.33 bits per heavy atom. The first-order valence-corrected chi connectivity index (χ1v) is 6.49. The van der Waals surface area contributed by atoms with E-state index in [9.17, 15) is 5.11 Å². The van der Waals surface area contributed by atoms with Crippen LogP contribution in [0.15, 0.2) is 0 Å². The molecule has 15 heavy (non-hydrogen) atoms. The van der Waals surface area contributed by atoms with Crippen LogP contribution >= 0.6 is 0 Å². The van der Waals surface area contributed by atoms with Crippen LogP contribution in [-0.4, -0.2) is 23.8 Å². The lowest BCUT2D eigenvalue weighted by molar-refractivity contribution is 0.160. The minimum absolute atomic E-state index is 0.160. The lowest BCUT2D eigenvalue weighted by Gasteiger charge is -2.28. The summed E-state index contributed by atoms with van der Waals surface area (Å²) < 4.78 is 0. The van der Waals surface area contributed by atoms with E-state index in [0.717, 1.165) is 24.9 Å². The van der Waals surface area contributed by atoms with Crippen LogP contribution in [0.3, 0.4) is 0 Å². The van der Waals surface area contributed by atoms with Crippen LogP contribution in [-0.2, 0) is 0 Å². The quantitative estimate of drug-likeness (QED) is 0.735. The van der Waals surface area contributed by atoms with Gasteiger partial charge in [0, 0.05) is 6.04 Å². The Morgan fingerprint density at radius 2 is 2.07 bits per heavy atom. The molecule has 4 atom stereocenters. The van der Waals surface area contributed by atoms with Crippen molar-refractivity contribution in [2.75, 3.05) is 6.54 Å². The van der Waals surface area contributed by atoms with Gasteiger partial charge in [-0.2, -0.15) is 0 Å². The molecule has 1 rings (SSSR count). The summed E-state index contributed by atoms with van der Waals surface area (Å²) in [7, 11) is 0. The van der Waals surface area contributed by atoms with Crippen molar-refractivity contribution in [3.8, 4) is 0 Å². The second-order valence-corrected chi connectivity index (χ2v) is 5.57. The molecule has 0 spiro atoms. The summed E-state index contributed by atoms with van der Waals surface area (Å²) in [5.41, 5.74) is 0. The first kappa shape index (κ1) is 13.0. The molecular formula is C13H27NO. The Kier molecular flexibility index (Phi) is 5.62. The maximum atomic E-state index is 9.27. The van der Waals surface area contributed by atoms with Crippen molar-refractivity contribution in [3.05, 3.63) is 0 Å². The molecule has 1 saturated carbocycles. The molecule has 0 aliphatic heterocycles. The van der Waals surface area contributed by atoms with Gasteiger partial charge in [-0.15, -0.1) is 0 Å². The van der Waals surface area contributed by atoms with Gasteiger partial charge in [0.2, 0.25) is 0 Å². The van der Waals surface area contributed by atoms with Crippen LogP contribution < -0.4 is 5.32 Å². The Hall–Kier alpha value is -0.0800. The van der Waals surface area contributed by atoms with Crippen LogP contribution in [0.1, 0.15) is 52.9 Å². The zero-order valence-electron chi connectivity index (χ0n) is 10.5. The van der Waals surface area contributed by atoms with Gasteiger partial charge in [-0.3, -0.25) is 0 Å². The zero-order chi connectivity index (χ0) is 11.3. The smallest absolute Gasteiger partial charge is 0.0515 e. The van der Waals surface area contributed by atoms with Gasteiger partial charge in [0.25, 0.3) is 0 Å². The van der Waals surface area contributed by atoms with Gasteiger partial charge in [0.15, 0.2) is 0 Å². The summed E-state index contributed by atoms with van der Waals surface area (Å²) in [6, 6.07) is 0.727. The van der Waals surface area contributed by atoms with Crippen LogP contribution in [0.2, 0.25) is 0 Å². The van der Waals surface area contributed by atoms with E-state index < -0.39 is 0 Å². The molecule has 1 aliphatic rings. The summed E-state index contributed by atoms with van der Waals surface area (Å²) in [4.78, 5) is 0. The molecule has 4 unspecified atom stereocenters. The SMILES string of the molecule is CC(O)CC(C)CNC1CCCC(C)C1. The van der Waals surface area contributed by atoms with Crippen molar-refractivity contribution >= 4 is 0 Å². The first-order valence-electron chi connectivity index (χ1n) is 6.49. The third kappa shape index (κ3) is 5.53. The second kappa shape index (κ2) is 6.49. The molecule has 0 aromatic heterocycles. The van der Waals surface area contributed by atoms with Gasteiger partial charge in [0.05, 0.1) is 6.10 Å². The topological polar surface area (TPSA) is 32.3 Å². The maximum absolute atomic E-state index is 9.27. The van der Waals surface area contributed by atoms with E-state index in [1.807, 2.05) is 6.92 Å². The summed E-state index contributed by atoms with van der Waals surface area (Å²) in [5, 5.41) is 12.9. The predicted octanol–water partition coefficient (Wildman–Crippen LogP) is 2.56. The van der Waals surface area contributed by atoms with Crippen molar-refractivity contribution < 1.29 is 5.11 Å². The van der Waals surface area contributed by atoms with E-state index >= 15 is 0 Å². The van der Waals surface area contributed by atoms with Gasteiger partial charge >= 0.3 is 0 Å². The number of nitrogens with one attached hydrogen (secondary N) is 1. The highest BCUT2D eigenvalue weighted by Crippen LogP contribution is 2.23. The summed E-state index contributed by atoms with van der Waals surface area (Å²) in [5.74, 6) is 1.48. The van der Waals surface area contributed by atoms with E-state index in [1.165, 1.54) is 25.7 Å². The monoisotopic (exact) mass is 213 g/mol. The Labute approximate surface area is 94.5 Å². The Balaban J connectivity index is 2.13. The highest BCUT2D eigenvalue weighted by Gasteiger charge is 2.18. The minimum atomic E-state index is -0.160. The molecule has 0 radical (unpaired) electrons. The molecule has 0 saturated heterocycles. The molecule has 1 fully saturated rings. The zero-order valence-corrected chi connectivity index (χ0v) is 10.5. The van der Waals surface area contributed by atoms with Gasteiger partial charge in [0.1, 0.15) is 0 Å². The molecule has 0 aromatic rings. The minimum Gasteiger partial charge on any atom is -0.393 e. The van der Waals surface area contributed by atoms with E-state index in [-0.39, 0.29) is 6.10 Å². The fraction of sp³-hybridized carbons (Fsp3) is 1.00. The van der Waals surface area contributed by atoms with Gasteiger partial charge in [-0.05, 0) is 44.6 Å². The van der Waals surface area contributed by atoms with E-state index in [0.29, 0.717) is 5.92 Å². The molecule has 1 aliphatic carbocycles. The van der Waals surface area contributed by atoms with Crippen molar-refractivity contribution in [2.45, 2.75) is 65.0 Å². The molecule has 90 valence electrons. The number of hydrogen-bond donors (Lipinski definition) is 2. The van der Waals surface area contributed by atoms with Crippen molar-refractivity contribution in [3.63, 3.8) is 0 Å². The summed E-state index contributed by atoms with van der Waals surface area (Å²) >= 11 is 0. The second-order valence-electron chi connectivity index (χ2n) is 5.57. The summed E-state index contributed by atoms with van der Waals surface area (Å²) in [6.07, 6.45) is 6.21. The van der Waals surface area contributed by atoms with E-state index in [4.69, 9.17) is 0 Å². The molecule has 2 N–H and O–H groups in total. The molecule has 0 bridgehead atoms. The number of aliphatic hydroxyl groups excluding tert-OH is 1. The van der Waals surface area contributed by atoms with E-state index in [2.05, 4.69) is 19.2 Å². The molecule has 0 aromatic carbocycles. The van der Waals surface area contributed by atoms with Gasteiger partial charge in [-0.1, -0.05) is 26.7 Å².